The molecule has 42 heavy (non-hydrogen) atoms. The molecule has 2 aliphatic rings. The zero-order valence-electron chi connectivity index (χ0n) is 23.9. The van der Waals surface area contributed by atoms with Gasteiger partial charge in [-0.25, -0.2) is 34.2 Å². The van der Waals surface area contributed by atoms with Gasteiger partial charge in [0.1, 0.15) is 23.5 Å². The predicted octanol–water partition coefficient (Wildman–Crippen LogP) is 4.02. The molecule has 14 nitrogen and oxygen atoms in total. The highest BCUT2D eigenvalue weighted by atomic mass is 16.6. The number of nitrogen functional groups attached to an aromatic ring is 1. The van der Waals surface area contributed by atoms with Gasteiger partial charge < -0.3 is 25.0 Å². The van der Waals surface area contributed by atoms with Crippen molar-refractivity contribution in [2.45, 2.75) is 64.8 Å². The topological polar surface area (TPSA) is 188 Å². The molecule has 0 aromatic carbocycles. The lowest BCUT2D eigenvalue weighted by Gasteiger charge is -2.43. The summed E-state index contributed by atoms with van der Waals surface area (Å²) in [6.07, 6.45) is 7.09. The van der Waals surface area contributed by atoms with Crippen LogP contribution < -0.4 is 5.73 Å². The van der Waals surface area contributed by atoms with Crippen LogP contribution in [0.15, 0.2) is 23.2 Å². The molecule has 1 unspecified atom stereocenters. The Labute approximate surface area is 241 Å². The Kier molecular flexibility index (Phi) is 6.78. The summed E-state index contributed by atoms with van der Waals surface area (Å²) < 4.78 is 12.6. The maximum atomic E-state index is 12.4. The van der Waals surface area contributed by atoms with Crippen LogP contribution in [0.1, 0.15) is 76.2 Å². The number of likely N-dealkylation sites (tertiary alicyclic amines) is 1. The first-order chi connectivity index (χ1) is 20.0. The quantitative estimate of drug-likeness (QED) is 0.322. The van der Waals surface area contributed by atoms with Crippen LogP contribution in [0.25, 0.3) is 33.8 Å². The molecule has 1 saturated carbocycles. The highest BCUT2D eigenvalue weighted by molar-refractivity contribution is 6.00. The molecule has 1 amide bonds. The van der Waals surface area contributed by atoms with E-state index in [1.165, 1.54) is 6.33 Å². The maximum absolute atomic E-state index is 12.4. The lowest BCUT2D eigenvalue weighted by molar-refractivity contribution is -0.140. The van der Waals surface area contributed by atoms with Gasteiger partial charge in [-0.2, -0.15) is 5.10 Å². The highest BCUT2D eigenvalue weighted by Crippen LogP contribution is 2.48. The van der Waals surface area contributed by atoms with Crippen molar-refractivity contribution in [1.82, 2.24) is 39.8 Å². The lowest BCUT2D eigenvalue weighted by Crippen LogP contribution is -2.47. The van der Waals surface area contributed by atoms with Crippen LogP contribution in [0.5, 0.6) is 0 Å². The van der Waals surface area contributed by atoms with Crippen LogP contribution in [-0.2, 0) is 9.53 Å². The monoisotopic (exact) mass is 575 g/mol. The molecule has 1 saturated heterocycles. The molecule has 6 rings (SSSR count). The number of carboxylic acids is 1. The number of anilines is 1. The minimum Gasteiger partial charge on any atom is -0.479 e. The molecule has 5 heterocycles. The van der Waals surface area contributed by atoms with E-state index in [9.17, 15) is 9.59 Å². The first-order valence-electron chi connectivity index (χ1n) is 14.0. The zero-order chi connectivity index (χ0) is 29.8. The Morgan fingerprint density at radius 1 is 1.14 bits per heavy atom. The number of carbonyl (C=O) groups is 2. The first-order valence-corrected chi connectivity index (χ1v) is 14.0. The number of nitrogens with two attached hydrogens (primary N) is 1. The lowest BCUT2D eigenvalue weighted by atomic mass is 9.71. The Morgan fingerprint density at radius 3 is 2.52 bits per heavy atom. The molecule has 1 atom stereocenters. The third-order valence-corrected chi connectivity index (χ3v) is 8.00. The van der Waals surface area contributed by atoms with Crippen molar-refractivity contribution in [3.05, 3.63) is 30.0 Å². The van der Waals surface area contributed by atoms with E-state index < -0.39 is 18.7 Å². The number of carboxylic acid groups (broad SMARTS) is 1. The van der Waals surface area contributed by atoms with Crippen molar-refractivity contribution in [3.8, 4) is 22.8 Å². The van der Waals surface area contributed by atoms with Crippen molar-refractivity contribution in [2.24, 2.45) is 5.41 Å². The van der Waals surface area contributed by atoms with Crippen LogP contribution in [0.3, 0.4) is 0 Å². The molecular weight excluding hydrogens is 542 g/mol. The van der Waals surface area contributed by atoms with Gasteiger partial charge in [0, 0.05) is 37.4 Å². The van der Waals surface area contributed by atoms with E-state index in [1.807, 2.05) is 26.2 Å². The van der Waals surface area contributed by atoms with Gasteiger partial charge in [-0.3, -0.25) is 0 Å². The summed E-state index contributed by atoms with van der Waals surface area (Å²) in [5.74, 6) is 0.638. The van der Waals surface area contributed by atoms with E-state index >= 15 is 0 Å². The number of piperidine rings is 1. The number of amides is 1. The second-order valence-electron chi connectivity index (χ2n) is 11.9. The molecule has 1 aliphatic heterocycles. The van der Waals surface area contributed by atoms with Gasteiger partial charge in [-0.05, 0) is 50.0 Å². The van der Waals surface area contributed by atoms with Crippen molar-refractivity contribution in [3.63, 3.8) is 0 Å². The fourth-order valence-electron chi connectivity index (χ4n) is 5.82. The van der Waals surface area contributed by atoms with Gasteiger partial charge in [0.15, 0.2) is 23.8 Å². The molecule has 0 spiro atoms. The summed E-state index contributed by atoms with van der Waals surface area (Å²) in [4.78, 5) is 42.9. The number of rotatable bonds is 7. The third-order valence-electron chi connectivity index (χ3n) is 8.00. The van der Waals surface area contributed by atoms with Gasteiger partial charge in [-0.15, -0.1) is 0 Å². The van der Waals surface area contributed by atoms with E-state index in [2.05, 4.69) is 29.0 Å². The Hall–Kier alpha value is -4.62. The average Bonchev–Trinajstić information content (AvgIpc) is 3.57. The molecule has 1 aliphatic carbocycles. The summed E-state index contributed by atoms with van der Waals surface area (Å²) in [6, 6.07) is 0.0261. The Bertz CT molecular complexity index is 1660. The first kappa shape index (κ1) is 27.5. The molecule has 2 fully saturated rings. The van der Waals surface area contributed by atoms with Crippen LogP contribution >= 0.6 is 0 Å². The van der Waals surface area contributed by atoms with E-state index in [0.717, 1.165) is 24.2 Å². The molecule has 4 aromatic heterocycles. The second kappa shape index (κ2) is 10.3. The summed E-state index contributed by atoms with van der Waals surface area (Å²) in [5, 5.41) is 18.7. The van der Waals surface area contributed by atoms with Gasteiger partial charge in [0.2, 0.25) is 0 Å². The number of fused-ring (bicyclic) bond motifs is 1. The number of aliphatic carboxylic acids is 1. The summed E-state index contributed by atoms with van der Waals surface area (Å²) >= 11 is 0. The largest absolute Gasteiger partial charge is 0.479 e. The van der Waals surface area contributed by atoms with E-state index in [1.54, 1.807) is 9.58 Å². The summed E-state index contributed by atoms with van der Waals surface area (Å²) in [6.45, 7) is 8.35. The van der Waals surface area contributed by atoms with Gasteiger partial charge in [0.25, 0.3) is 0 Å². The molecule has 0 bridgehead atoms. The van der Waals surface area contributed by atoms with Crippen molar-refractivity contribution in [1.29, 1.82) is 0 Å². The van der Waals surface area contributed by atoms with Gasteiger partial charge in [-0.1, -0.05) is 19.0 Å². The number of ether oxygens (including phenoxy) is 1. The smallest absolute Gasteiger partial charge is 0.410 e. The van der Waals surface area contributed by atoms with Crippen molar-refractivity contribution in [2.75, 3.05) is 25.4 Å². The maximum Gasteiger partial charge on any atom is 0.410 e. The molecular formula is C28H33N9O5. The normalized spacial score (nSPS) is 18.5. The fourth-order valence-corrected chi connectivity index (χ4v) is 5.82. The van der Waals surface area contributed by atoms with Crippen LogP contribution in [0, 0.1) is 5.41 Å². The SMILES string of the molecule is CC(C)n1nc(-c2noc(C3CC3)c2-c2ncc(C3CCN(C(=O)OCC(=O)O)CC3(C)C)cn2)c2c(N)ncnc21. The fraction of sp³-hybridized carbons (Fsp3) is 0.500. The van der Waals surface area contributed by atoms with Gasteiger partial charge in [0.05, 0.1) is 10.9 Å². The second-order valence-corrected chi connectivity index (χ2v) is 11.9. The number of nitrogens with zero attached hydrogens (tertiary/aromatic N) is 8. The minimum absolute atomic E-state index is 0.0261. The summed E-state index contributed by atoms with van der Waals surface area (Å²) in [5.41, 5.74) is 9.27. The zero-order valence-corrected chi connectivity index (χ0v) is 23.9. The number of hydrogen-bond donors (Lipinski definition) is 2. The molecule has 3 N–H and O–H groups in total. The molecule has 14 heteroatoms. The van der Waals surface area contributed by atoms with E-state index in [-0.39, 0.29) is 23.3 Å². The average molecular weight is 576 g/mol. The van der Waals surface area contributed by atoms with E-state index in [4.69, 9.17) is 35.2 Å². The number of hydrogen-bond acceptors (Lipinski definition) is 11. The number of aromatic nitrogens is 7. The van der Waals surface area contributed by atoms with Crippen molar-refractivity contribution >= 4 is 28.9 Å². The van der Waals surface area contributed by atoms with E-state index in [0.29, 0.717) is 59.1 Å². The Morgan fingerprint density at radius 2 is 1.88 bits per heavy atom. The predicted molar refractivity (Wildman–Crippen MR) is 150 cm³/mol. The van der Waals surface area contributed by atoms with Crippen LogP contribution in [0.2, 0.25) is 0 Å². The molecule has 220 valence electrons. The van der Waals surface area contributed by atoms with Crippen LogP contribution in [-0.4, -0.2) is 76.6 Å². The van der Waals surface area contributed by atoms with Gasteiger partial charge >= 0.3 is 12.1 Å². The highest BCUT2D eigenvalue weighted by Gasteiger charge is 2.40. The van der Waals surface area contributed by atoms with Crippen LogP contribution in [0.4, 0.5) is 10.6 Å². The number of carbonyl (C=O) groups excluding carboxylic acids is 1. The molecule has 0 radical (unpaired) electrons. The van der Waals surface area contributed by atoms with Crippen molar-refractivity contribution < 1.29 is 24.0 Å². The Balaban J connectivity index is 1.33. The standard InChI is InChI=1S/C28H33N9O5/c1-14(2)37-26-20(24(29)32-13-33-26)21(34-37)22-19(23(42-35-22)15-5-6-15)25-30-9-16(10-31-25)17-7-8-36(12-28(17,3)4)27(40)41-11-18(38)39/h9-10,13-15,17H,5-8,11-12H2,1-4H3,(H,38,39)(H2,29,32,33). The minimum atomic E-state index is -1.19. The third kappa shape index (κ3) is 4.90. The molecule has 4 aromatic rings. The summed E-state index contributed by atoms with van der Waals surface area (Å²) in [7, 11) is 0.